The van der Waals surface area contributed by atoms with E-state index in [1.807, 2.05) is 25.3 Å². The Hall–Kier alpha value is -2.21. The average molecular weight is 356 g/mol. The van der Waals surface area contributed by atoms with Crippen LogP contribution in [0.15, 0.2) is 30.6 Å². The fourth-order valence-electron chi connectivity index (χ4n) is 3.71. The van der Waals surface area contributed by atoms with Crippen LogP contribution >= 0.6 is 0 Å². The van der Waals surface area contributed by atoms with E-state index in [2.05, 4.69) is 26.6 Å². The Kier molecular flexibility index (Phi) is 6.39. The molecule has 0 spiro atoms. The van der Waals surface area contributed by atoms with Crippen LogP contribution in [0, 0.1) is 0 Å². The highest BCUT2D eigenvalue weighted by atomic mass is 16.2. The standard InChI is InChI=1S/C20H28N4O2/c1-15(19(25)23-20(26)22-18-9-3-2-4-10-18)24-12-6-8-17(14-24)16-7-5-11-21-13-16/h5,7-8,11,13,15,18H,2-4,6,9-10,12,14H2,1H3,(H2,22,23,25,26). The molecule has 1 aromatic rings. The molecule has 1 aliphatic heterocycles. The molecule has 1 atom stereocenters. The summed E-state index contributed by atoms with van der Waals surface area (Å²) in [5.74, 6) is -0.245. The second-order valence-electron chi connectivity index (χ2n) is 7.20. The van der Waals surface area contributed by atoms with Crippen LogP contribution in [0.3, 0.4) is 0 Å². The molecule has 1 aliphatic carbocycles. The van der Waals surface area contributed by atoms with Crippen molar-refractivity contribution in [1.82, 2.24) is 20.5 Å². The largest absolute Gasteiger partial charge is 0.335 e. The van der Waals surface area contributed by atoms with Crippen molar-refractivity contribution in [3.63, 3.8) is 0 Å². The molecule has 1 fully saturated rings. The molecule has 2 heterocycles. The first-order chi connectivity index (χ1) is 12.6. The highest BCUT2D eigenvalue weighted by molar-refractivity contribution is 5.97. The molecule has 0 aromatic carbocycles. The van der Waals surface area contributed by atoms with Gasteiger partial charge in [-0.1, -0.05) is 31.4 Å². The number of hydrogen-bond acceptors (Lipinski definition) is 4. The van der Waals surface area contributed by atoms with E-state index in [1.54, 1.807) is 6.20 Å². The lowest BCUT2D eigenvalue weighted by Gasteiger charge is -2.32. The van der Waals surface area contributed by atoms with Crippen molar-refractivity contribution in [1.29, 1.82) is 0 Å². The lowest BCUT2D eigenvalue weighted by Crippen LogP contribution is -2.52. The Morgan fingerprint density at radius 3 is 2.81 bits per heavy atom. The van der Waals surface area contributed by atoms with Crippen LogP contribution < -0.4 is 10.6 Å². The van der Waals surface area contributed by atoms with Crippen LogP contribution in [-0.2, 0) is 4.79 Å². The summed E-state index contributed by atoms with van der Waals surface area (Å²) < 4.78 is 0. The number of carbonyl (C=O) groups is 2. The highest BCUT2D eigenvalue weighted by Gasteiger charge is 2.26. The molecular formula is C20H28N4O2. The molecular weight excluding hydrogens is 328 g/mol. The minimum Gasteiger partial charge on any atom is -0.335 e. The molecule has 2 N–H and O–H groups in total. The van der Waals surface area contributed by atoms with E-state index in [0.29, 0.717) is 6.54 Å². The molecule has 6 nitrogen and oxygen atoms in total. The summed E-state index contributed by atoms with van der Waals surface area (Å²) in [6.07, 6.45) is 12.2. The Labute approximate surface area is 155 Å². The molecule has 1 aromatic heterocycles. The maximum absolute atomic E-state index is 12.5. The summed E-state index contributed by atoms with van der Waals surface area (Å²) in [6.45, 7) is 3.35. The van der Waals surface area contributed by atoms with Gasteiger partial charge in [0, 0.05) is 31.5 Å². The van der Waals surface area contributed by atoms with Gasteiger partial charge in [0.15, 0.2) is 0 Å². The lowest BCUT2D eigenvalue weighted by molar-refractivity contribution is -0.124. The number of pyridine rings is 1. The van der Waals surface area contributed by atoms with Crippen LogP contribution in [0.4, 0.5) is 4.79 Å². The number of nitrogens with one attached hydrogen (secondary N) is 2. The van der Waals surface area contributed by atoms with E-state index in [1.165, 1.54) is 12.0 Å². The van der Waals surface area contributed by atoms with Gasteiger partial charge in [-0.05, 0) is 43.4 Å². The predicted molar refractivity (Wildman–Crippen MR) is 101 cm³/mol. The number of nitrogens with zero attached hydrogens (tertiary/aromatic N) is 2. The second kappa shape index (κ2) is 8.94. The average Bonchev–Trinajstić information content (AvgIpc) is 2.69. The summed E-state index contributed by atoms with van der Waals surface area (Å²) in [6, 6.07) is 3.43. The molecule has 1 saturated carbocycles. The van der Waals surface area contributed by atoms with E-state index in [4.69, 9.17) is 0 Å². The van der Waals surface area contributed by atoms with Gasteiger partial charge in [-0.15, -0.1) is 0 Å². The van der Waals surface area contributed by atoms with Crippen LogP contribution in [0.5, 0.6) is 0 Å². The van der Waals surface area contributed by atoms with Crippen molar-refractivity contribution in [3.05, 3.63) is 36.2 Å². The maximum atomic E-state index is 12.5. The molecule has 0 radical (unpaired) electrons. The minimum atomic E-state index is -0.367. The zero-order valence-corrected chi connectivity index (χ0v) is 15.4. The number of urea groups is 1. The monoisotopic (exact) mass is 356 g/mol. The maximum Gasteiger partial charge on any atom is 0.321 e. The summed E-state index contributed by atoms with van der Waals surface area (Å²) >= 11 is 0. The smallest absolute Gasteiger partial charge is 0.321 e. The number of rotatable bonds is 4. The molecule has 1 unspecified atom stereocenters. The Balaban J connectivity index is 1.51. The van der Waals surface area contributed by atoms with E-state index in [9.17, 15) is 9.59 Å². The first-order valence-corrected chi connectivity index (χ1v) is 9.58. The topological polar surface area (TPSA) is 74.3 Å². The zero-order valence-electron chi connectivity index (χ0n) is 15.4. The van der Waals surface area contributed by atoms with E-state index in [0.717, 1.165) is 44.2 Å². The number of amides is 3. The van der Waals surface area contributed by atoms with Crippen LogP contribution in [0.25, 0.3) is 5.57 Å². The fraction of sp³-hybridized carbons (Fsp3) is 0.550. The van der Waals surface area contributed by atoms with E-state index < -0.39 is 0 Å². The first-order valence-electron chi connectivity index (χ1n) is 9.58. The number of aromatic nitrogens is 1. The van der Waals surface area contributed by atoms with Gasteiger partial charge >= 0.3 is 6.03 Å². The van der Waals surface area contributed by atoms with Crippen LogP contribution in [0.2, 0.25) is 0 Å². The van der Waals surface area contributed by atoms with Crippen molar-refractivity contribution in [2.45, 2.75) is 57.5 Å². The van der Waals surface area contributed by atoms with Crippen molar-refractivity contribution in [3.8, 4) is 0 Å². The van der Waals surface area contributed by atoms with Gasteiger partial charge in [-0.3, -0.25) is 20.0 Å². The normalized spacial score (nSPS) is 20.1. The summed E-state index contributed by atoms with van der Waals surface area (Å²) in [5, 5.41) is 5.45. The number of hydrogen-bond donors (Lipinski definition) is 2. The van der Waals surface area contributed by atoms with Gasteiger partial charge in [0.05, 0.1) is 6.04 Å². The lowest BCUT2D eigenvalue weighted by atomic mass is 9.96. The second-order valence-corrected chi connectivity index (χ2v) is 7.20. The third kappa shape index (κ3) is 4.91. The predicted octanol–water partition coefficient (Wildman–Crippen LogP) is 2.72. The van der Waals surface area contributed by atoms with E-state index >= 15 is 0 Å². The van der Waals surface area contributed by atoms with Crippen molar-refractivity contribution in [2.75, 3.05) is 13.1 Å². The van der Waals surface area contributed by atoms with Gasteiger partial charge in [0.2, 0.25) is 5.91 Å². The van der Waals surface area contributed by atoms with E-state index in [-0.39, 0.29) is 24.0 Å². The van der Waals surface area contributed by atoms with Crippen LogP contribution in [-0.4, -0.2) is 47.0 Å². The van der Waals surface area contributed by atoms with Crippen molar-refractivity contribution in [2.24, 2.45) is 0 Å². The van der Waals surface area contributed by atoms with Crippen molar-refractivity contribution < 1.29 is 9.59 Å². The summed E-state index contributed by atoms with van der Waals surface area (Å²) in [5.41, 5.74) is 2.26. The third-order valence-corrected chi connectivity index (χ3v) is 5.32. The molecule has 6 heteroatoms. The third-order valence-electron chi connectivity index (χ3n) is 5.32. The van der Waals surface area contributed by atoms with Gasteiger partial charge in [-0.25, -0.2) is 4.79 Å². The van der Waals surface area contributed by atoms with Gasteiger partial charge in [0.25, 0.3) is 0 Å². The SMILES string of the molecule is CC(C(=O)NC(=O)NC1CCCCC1)N1CCC=C(c2cccnc2)C1. The quantitative estimate of drug-likeness (QED) is 0.870. The molecule has 140 valence electrons. The Bertz CT molecular complexity index is 653. The molecule has 0 bridgehead atoms. The van der Waals surface area contributed by atoms with Crippen LogP contribution in [0.1, 0.15) is 51.0 Å². The fourth-order valence-corrected chi connectivity index (χ4v) is 3.71. The van der Waals surface area contributed by atoms with Gasteiger partial charge in [0.1, 0.15) is 0 Å². The molecule has 0 saturated heterocycles. The molecule has 3 amide bonds. The van der Waals surface area contributed by atoms with Gasteiger partial charge < -0.3 is 5.32 Å². The summed E-state index contributed by atoms with van der Waals surface area (Å²) in [4.78, 5) is 30.9. The van der Waals surface area contributed by atoms with Crippen molar-refractivity contribution >= 4 is 17.5 Å². The summed E-state index contributed by atoms with van der Waals surface area (Å²) in [7, 11) is 0. The number of imide groups is 1. The first kappa shape index (κ1) is 18.6. The zero-order chi connectivity index (χ0) is 18.4. The number of carbonyl (C=O) groups excluding carboxylic acids is 2. The molecule has 3 rings (SSSR count). The minimum absolute atomic E-state index is 0.196. The Morgan fingerprint density at radius 1 is 1.27 bits per heavy atom. The molecule has 2 aliphatic rings. The van der Waals surface area contributed by atoms with Gasteiger partial charge in [-0.2, -0.15) is 0 Å². The highest BCUT2D eigenvalue weighted by Crippen LogP contribution is 2.21. The molecule has 26 heavy (non-hydrogen) atoms. The Morgan fingerprint density at radius 2 is 2.08 bits per heavy atom.